The van der Waals surface area contributed by atoms with Crippen molar-refractivity contribution in [2.45, 2.75) is 58.1 Å². The van der Waals surface area contributed by atoms with E-state index in [0.717, 1.165) is 24.2 Å². The summed E-state index contributed by atoms with van der Waals surface area (Å²) in [5.41, 5.74) is -0.874. The summed E-state index contributed by atoms with van der Waals surface area (Å²) in [5, 5.41) is 2.62. The van der Waals surface area contributed by atoms with Crippen LogP contribution in [-0.4, -0.2) is 41.0 Å². The maximum atomic E-state index is 12.1. The number of hydrogen-bond donors (Lipinski definition) is 1. The third-order valence-electron chi connectivity index (χ3n) is 3.90. The molecular formula is C14H22N2O4. The average Bonchev–Trinajstić information content (AvgIpc) is 2.80. The van der Waals surface area contributed by atoms with Crippen molar-refractivity contribution in [2.24, 2.45) is 5.92 Å². The molecule has 0 aliphatic carbocycles. The van der Waals surface area contributed by atoms with Gasteiger partial charge in [0.25, 0.3) is 5.91 Å². The summed E-state index contributed by atoms with van der Waals surface area (Å²) in [6.07, 6.45) is 3.07. The van der Waals surface area contributed by atoms with E-state index < -0.39 is 11.6 Å². The maximum absolute atomic E-state index is 12.1. The van der Waals surface area contributed by atoms with Gasteiger partial charge in [-0.15, -0.1) is 0 Å². The molecule has 6 heteroatoms. The van der Waals surface area contributed by atoms with Crippen LogP contribution >= 0.6 is 0 Å². The van der Waals surface area contributed by atoms with Gasteiger partial charge in [0.05, 0.1) is 12.5 Å². The quantitative estimate of drug-likeness (QED) is 0.611. The van der Waals surface area contributed by atoms with E-state index in [0.29, 0.717) is 6.42 Å². The van der Waals surface area contributed by atoms with E-state index in [2.05, 4.69) is 12.2 Å². The first-order valence-electron chi connectivity index (χ1n) is 7.19. The normalized spacial score (nSPS) is 28.8. The Hall–Kier alpha value is -1.59. The molecule has 0 aromatic heterocycles. The van der Waals surface area contributed by atoms with Crippen molar-refractivity contribution in [1.29, 1.82) is 0 Å². The first-order valence-corrected chi connectivity index (χ1v) is 7.19. The minimum atomic E-state index is -0.874. The number of ether oxygens (including phenoxy) is 1. The Bertz CT molecular complexity index is 433. The molecule has 0 radical (unpaired) electrons. The minimum absolute atomic E-state index is 0.0891. The fourth-order valence-corrected chi connectivity index (χ4v) is 2.71. The fraction of sp³-hybridized carbons (Fsp3) is 0.786. The van der Waals surface area contributed by atoms with Crippen molar-refractivity contribution >= 4 is 17.9 Å². The molecule has 2 aliphatic rings. The highest BCUT2D eigenvalue weighted by Gasteiger charge is 2.46. The van der Waals surface area contributed by atoms with E-state index in [1.807, 2.05) is 0 Å². The van der Waals surface area contributed by atoms with Gasteiger partial charge in [-0.25, -0.2) is 4.79 Å². The number of amides is 3. The summed E-state index contributed by atoms with van der Waals surface area (Å²) in [6.45, 7) is 5.56. The van der Waals surface area contributed by atoms with Crippen molar-refractivity contribution in [3.05, 3.63) is 0 Å². The second-order valence-electron chi connectivity index (χ2n) is 6.10. The molecule has 3 amide bonds. The first kappa shape index (κ1) is 14.8. The maximum Gasteiger partial charge on any atom is 0.325 e. The van der Waals surface area contributed by atoms with E-state index in [1.165, 1.54) is 0 Å². The zero-order valence-electron chi connectivity index (χ0n) is 12.3. The number of rotatable bonds is 5. The van der Waals surface area contributed by atoms with E-state index >= 15 is 0 Å². The molecule has 2 fully saturated rings. The van der Waals surface area contributed by atoms with Crippen LogP contribution in [0.2, 0.25) is 0 Å². The molecule has 2 rings (SSSR count). The lowest BCUT2D eigenvalue weighted by atomic mass is 9.98. The largest absolute Gasteiger partial charge is 0.460 e. The van der Waals surface area contributed by atoms with Crippen LogP contribution in [0, 0.1) is 5.92 Å². The lowest BCUT2D eigenvalue weighted by molar-refractivity contribution is -0.146. The molecule has 6 nitrogen and oxygen atoms in total. The van der Waals surface area contributed by atoms with Crippen molar-refractivity contribution in [1.82, 2.24) is 10.2 Å². The number of esters is 1. The highest BCUT2D eigenvalue weighted by Crippen LogP contribution is 2.28. The van der Waals surface area contributed by atoms with Gasteiger partial charge < -0.3 is 10.1 Å². The Kier molecular flexibility index (Phi) is 4.01. The van der Waals surface area contributed by atoms with Gasteiger partial charge in [-0.2, -0.15) is 0 Å². The molecule has 1 N–H and O–H groups in total. The predicted octanol–water partition coefficient (Wildman–Crippen LogP) is 1.44. The van der Waals surface area contributed by atoms with Crippen LogP contribution in [0.4, 0.5) is 4.79 Å². The van der Waals surface area contributed by atoms with Gasteiger partial charge in [-0.05, 0) is 26.7 Å². The summed E-state index contributed by atoms with van der Waals surface area (Å²) < 4.78 is 5.28. The standard InChI is InChI=1S/C14H22N2O4/c1-4-5-6-9-7-10(20-11(9)17)8-16-12(18)14(2,3)15-13(16)19/h9-10H,4-8H2,1-3H3,(H,15,19). The molecule has 20 heavy (non-hydrogen) atoms. The first-order chi connectivity index (χ1) is 9.35. The Labute approximate surface area is 118 Å². The van der Waals surface area contributed by atoms with Gasteiger partial charge >= 0.3 is 12.0 Å². The van der Waals surface area contributed by atoms with Gasteiger partial charge in [0.1, 0.15) is 11.6 Å². The van der Waals surface area contributed by atoms with Crippen LogP contribution in [0.1, 0.15) is 46.5 Å². The second kappa shape index (κ2) is 5.42. The fourth-order valence-electron chi connectivity index (χ4n) is 2.71. The third-order valence-corrected chi connectivity index (χ3v) is 3.90. The second-order valence-corrected chi connectivity index (χ2v) is 6.10. The van der Waals surface area contributed by atoms with Crippen molar-refractivity contribution < 1.29 is 19.1 Å². The summed E-state index contributed by atoms with van der Waals surface area (Å²) in [7, 11) is 0. The highest BCUT2D eigenvalue weighted by molar-refractivity contribution is 6.06. The summed E-state index contributed by atoms with van der Waals surface area (Å²) in [4.78, 5) is 36.7. The zero-order valence-corrected chi connectivity index (χ0v) is 12.3. The molecular weight excluding hydrogens is 260 g/mol. The van der Waals surface area contributed by atoms with Crippen molar-refractivity contribution in [2.75, 3.05) is 6.54 Å². The SMILES string of the molecule is CCCCC1CC(CN2C(=O)NC(C)(C)C2=O)OC1=O. The van der Waals surface area contributed by atoms with Gasteiger partial charge in [-0.1, -0.05) is 19.8 Å². The predicted molar refractivity (Wildman–Crippen MR) is 71.8 cm³/mol. The number of urea groups is 1. The van der Waals surface area contributed by atoms with Crippen molar-refractivity contribution in [3.8, 4) is 0 Å². The molecule has 0 saturated carbocycles. The Balaban J connectivity index is 1.93. The van der Waals surface area contributed by atoms with E-state index in [1.54, 1.807) is 13.8 Å². The molecule has 112 valence electrons. The molecule has 2 aliphatic heterocycles. The summed E-state index contributed by atoms with van der Waals surface area (Å²) in [5.74, 6) is -0.556. The Morgan fingerprint density at radius 1 is 1.35 bits per heavy atom. The highest BCUT2D eigenvalue weighted by atomic mass is 16.6. The molecule has 2 unspecified atom stereocenters. The van der Waals surface area contributed by atoms with Gasteiger partial charge in [0.2, 0.25) is 0 Å². The van der Waals surface area contributed by atoms with E-state index in [9.17, 15) is 14.4 Å². The van der Waals surface area contributed by atoms with Gasteiger partial charge in [0, 0.05) is 0 Å². The molecule has 0 bridgehead atoms. The van der Waals surface area contributed by atoms with E-state index in [4.69, 9.17) is 4.74 Å². The lowest BCUT2D eigenvalue weighted by Gasteiger charge is -2.18. The van der Waals surface area contributed by atoms with E-state index in [-0.39, 0.29) is 30.4 Å². The Morgan fingerprint density at radius 3 is 2.60 bits per heavy atom. The number of nitrogens with one attached hydrogen (secondary N) is 1. The van der Waals surface area contributed by atoms with Crippen LogP contribution in [0.25, 0.3) is 0 Å². The monoisotopic (exact) mass is 282 g/mol. The molecule has 2 heterocycles. The number of imide groups is 1. The smallest absolute Gasteiger partial charge is 0.325 e. The zero-order chi connectivity index (χ0) is 14.9. The van der Waals surface area contributed by atoms with Crippen molar-refractivity contribution in [3.63, 3.8) is 0 Å². The number of carbonyl (C=O) groups excluding carboxylic acids is 3. The molecule has 2 atom stereocenters. The minimum Gasteiger partial charge on any atom is -0.460 e. The van der Waals surface area contributed by atoms with Crippen LogP contribution in [-0.2, 0) is 14.3 Å². The topological polar surface area (TPSA) is 75.7 Å². The van der Waals surface area contributed by atoms with Crippen LogP contribution in [0.15, 0.2) is 0 Å². The number of cyclic esters (lactones) is 1. The molecule has 0 aromatic rings. The van der Waals surface area contributed by atoms with Gasteiger partial charge in [0.15, 0.2) is 0 Å². The number of hydrogen-bond acceptors (Lipinski definition) is 4. The summed E-state index contributed by atoms with van der Waals surface area (Å²) >= 11 is 0. The lowest BCUT2D eigenvalue weighted by Crippen LogP contribution is -2.41. The van der Waals surface area contributed by atoms with Crippen LogP contribution < -0.4 is 5.32 Å². The van der Waals surface area contributed by atoms with Gasteiger partial charge in [-0.3, -0.25) is 14.5 Å². The van der Waals surface area contributed by atoms with Crippen LogP contribution in [0.3, 0.4) is 0 Å². The molecule has 0 aromatic carbocycles. The number of carbonyl (C=O) groups is 3. The number of nitrogens with zero attached hydrogens (tertiary/aromatic N) is 1. The van der Waals surface area contributed by atoms with Crippen LogP contribution in [0.5, 0.6) is 0 Å². The Morgan fingerprint density at radius 2 is 2.05 bits per heavy atom. The average molecular weight is 282 g/mol. The number of unbranched alkanes of at least 4 members (excludes halogenated alkanes) is 1. The summed E-state index contributed by atoms with van der Waals surface area (Å²) in [6, 6.07) is -0.409. The molecule has 0 spiro atoms. The molecule has 2 saturated heterocycles. The third kappa shape index (κ3) is 2.78.